The van der Waals surface area contributed by atoms with Gasteiger partial charge in [0.1, 0.15) is 11.2 Å². The van der Waals surface area contributed by atoms with Crippen LogP contribution in [0.2, 0.25) is 0 Å². The highest BCUT2D eigenvalue weighted by atomic mass is 16.3. The molecule has 4 fully saturated rings. The van der Waals surface area contributed by atoms with E-state index in [4.69, 9.17) is 19.4 Å². The largest absolute Gasteiger partial charge is 0.456 e. The first-order valence-corrected chi connectivity index (χ1v) is 17.9. The molecular weight excluding hydrogens is 613 g/mol. The summed E-state index contributed by atoms with van der Waals surface area (Å²) in [6.07, 6.45) is 8.53. The highest BCUT2D eigenvalue weighted by Crippen LogP contribution is 2.60. The van der Waals surface area contributed by atoms with Gasteiger partial charge >= 0.3 is 0 Å². The molecule has 0 unspecified atom stereocenters. The van der Waals surface area contributed by atoms with Gasteiger partial charge in [-0.3, -0.25) is 0 Å². The second-order valence-corrected chi connectivity index (χ2v) is 15.2. The predicted octanol–water partition coefficient (Wildman–Crippen LogP) is 11.1. The number of nitriles is 1. The standard InChI is InChI=1S/C45H36N4O/c1-27-5-8-33(9-6-27)42-47-43(49-44(48-42)36-12-16-39-38-15-7-28(26-46)20-40(38)50-41(39)22-36)35-4-2-3-34(21-35)32-10-13-37(14-11-32)45-23-29-17-30(24-45)19-31(18-29)25-45/h2-16,20-22,29-31H,17-19,23-25H2,1H3/t29-,30+,31?,45-. The molecule has 242 valence electrons. The maximum atomic E-state index is 9.39. The molecule has 0 atom stereocenters. The second kappa shape index (κ2) is 11.2. The molecule has 5 nitrogen and oxygen atoms in total. The van der Waals surface area contributed by atoms with Gasteiger partial charge in [0.05, 0.1) is 11.6 Å². The second-order valence-electron chi connectivity index (χ2n) is 15.2. The van der Waals surface area contributed by atoms with E-state index >= 15 is 0 Å². The Morgan fingerprint density at radius 1 is 0.580 bits per heavy atom. The van der Waals surface area contributed by atoms with Crippen LogP contribution < -0.4 is 0 Å². The van der Waals surface area contributed by atoms with Gasteiger partial charge in [0.2, 0.25) is 0 Å². The number of fused-ring (bicyclic) bond motifs is 3. The fourth-order valence-corrected chi connectivity index (χ4v) is 9.77. The smallest absolute Gasteiger partial charge is 0.164 e. The topological polar surface area (TPSA) is 75.6 Å². The van der Waals surface area contributed by atoms with Crippen molar-refractivity contribution in [3.05, 3.63) is 126 Å². The van der Waals surface area contributed by atoms with E-state index in [0.29, 0.717) is 34.0 Å². The Balaban J connectivity index is 1.03. The lowest BCUT2D eigenvalue weighted by atomic mass is 9.48. The molecule has 7 aromatic rings. The number of rotatable bonds is 5. The zero-order valence-electron chi connectivity index (χ0n) is 28.1. The Kier molecular flexibility index (Phi) is 6.58. The summed E-state index contributed by atoms with van der Waals surface area (Å²) in [4.78, 5) is 15.1. The summed E-state index contributed by atoms with van der Waals surface area (Å²) in [6, 6.07) is 40.2. The summed E-state index contributed by atoms with van der Waals surface area (Å²) in [5.74, 6) is 4.64. The molecule has 5 heteroatoms. The Hall–Kier alpha value is -5.60. The van der Waals surface area contributed by atoms with Crippen molar-refractivity contribution in [1.29, 1.82) is 5.26 Å². The third-order valence-corrected chi connectivity index (χ3v) is 11.8. The van der Waals surface area contributed by atoms with Gasteiger partial charge in [0, 0.05) is 27.5 Å². The van der Waals surface area contributed by atoms with Gasteiger partial charge in [-0.25, -0.2) is 15.0 Å². The van der Waals surface area contributed by atoms with Crippen molar-refractivity contribution in [2.24, 2.45) is 17.8 Å². The van der Waals surface area contributed by atoms with E-state index < -0.39 is 0 Å². The third-order valence-electron chi connectivity index (χ3n) is 11.8. The molecule has 5 aromatic carbocycles. The van der Waals surface area contributed by atoms with Crippen molar-refractivity contribution < 1.29 is 4.42 Å². The number of aryl methyl sites for hydroxylation is 1. The van der Waals surface area contributed by atoms with Crippen LogP contribution in [0.15, 0.2) is 114 Å². The minimum absolute atomic E-state index is 0.397. The average Bonchev–Trinajstić information content (AvgIpc) is 3.51. The molecule has 0 amide bonds. The van der Waals surface area contributed by atoms with Crippen LogP contribution in [-0.2, 0) is 5.41 Å². The van der Waals surface area contributed by atoms with Crippen molar-refractivity contribution in [2.75, 3.05) is 0 Å². The maximum Gasteiger partial charge on any atom is 0.164 e. The SMILES string of the molecule is Cc1ccc(-c2nc(-c3cccc(-c4ccc([C@]56CC7C[C@H](C[C@H](C7)C5)C6)cc4)c3)nc(-c3ccc4c(c3)oc3cc(C#N)ccc34)n2)cc1. The van der Waals surface area contributed by atoms with Crippen LogP contribution in [-0.4, -0.2) is 15.0 Å². The molecule has 50 heavy (non-hydrogen) atoms. The van der Waals surface area contributed by atoms with Crippen molar-refractivity contribution >= 4 is 21.9 Å². The molecule has 0 radical (unpaired) electrons. The quantitative estimate of drug-likeness (QED) is 0.186. The predicted molar refractivity (Wildman–Crippen MR) is 198 cm³/mol. The number of nitrogens with zero attached hydrogens (tertiary/aromatic N) is 4. The highest BCUT2D eigenvalue weighted by Gasteiger charge is 2.51. The lowest BCUT2D eigenvalue weighted by Crippen LogP contribution is -2.48. The first kappa shape index (κ1) is 29.3. The van der Waals surface area contributed by atoms with Crippen LogP contribution in [0.25, 0.3) is 67.2 Å². The Morgan fingerprint density at radius 2 is 1.12 bits per heavy atom. The lowest BCUT2D eigenvalue weighted by Gasteiger charge is -2.57. The van der Waals surface area contributed by atoms with Gasteiger partial charge in [0.25, 0.3) is 0 Å². The van der Waals surface area contributed by atoms with Crippen LogP contribution in [0.5, 0.6) is 0 Å². The van der Waals surface area contributed by atoms with Crippen LogP contribution in [0, 0.1) is 36.0 Å². The fraction of sp³-hybridized carbons (Fsp3) is 0.244. The summed E-state index contributed by atoms with van der Waals surface area (Å²) >= 11 is 0. The summed E-state index contributed by atoms with van der Waals surface area (Å²) in [6.45, 7) is 2.08. The van der Waals surface area contributed by atoms with E-state index in [1.165, 1.54) is 49.7 Å². The minimum Gasteiger partial charge on any atom is -0.456 e. The van der Waals surface area contributed by atoms with E-state index in [0.717, 1.165) is 56.4 Å². The van der Waals surface area contributed by atoms with Crippen molar-refractivity contribution in [2.45, 2.75) is 50.9 Å². The monoisotopic (exact) mass is 648 g/mol. The summed E-state index contributed by atoms with van der Waals surface area (Å²) < 4.78 is 6.22. The average molecular weight is 649 g/mol. The molecule has 11 rings (SSSR count). The number of benzene rings is 5. The van der Waals surface area contributed by atoms with E-state index in [9.17, 15) is 5.26 Å². The molecule has 4 aliphatic rings. The molecule has 0 aliphatic heterocycles. The first-order valence-electron chi connectivity index (χ1n) is 17.9. The van der Waals surface area contributed by atoms with E-state index in [-0.39, 0.29) is 0 Å². The van der Waals surface area contributed by atoms with E-state index in [2.05, 4.69) is 85.8 Å². The summed E-state index contributed by atoms with van der Waals surface area (Å²) in [5, 5.41) is 11.4. The molecule has 4 aliphatic carbocycles. The van der Waals surface area contributed by atoms with E-state index in [1.54, 1.807) is 11.6 Å². The summed E-state index contributed by atoms with van der Waals surface area (Å²) in [5.41, 5.74) is 10.2. The Labute approximate surface area is 291 Å². The van der Waals surface area contributed by atoms with Gasteiger partial charge < -0.3 is 4.42 Å². The minimum atomic E-state index is 0.397. The number of hydrogen-bond donors (Lipinski definition) is 0. The molecule has 2 aromatic heterocycles. The Morgan fingerprint density at radius 3 is 1.78 bits per heavy atom. The zero-order chi connectivity index (χ0) is 33.4. The first-order chi connectivity index (χ1) is 24.5. The molecule has 0 spiro atoms. The van der Waals surface area contributed by atoms with Crippen LogP contribution in [0.1, 0.15) is 55.2 Å². The molecular formula is C45H36N4O. The van der Waals surface area contributed by atoms with Gasteiger partial charge in [0.15, 0.2) is 17.5 Å². The molecule has 0 N–H and O–H groups in total. The molecule has 2 heterocycles. The highest BCUT2D eigenvalue weighted by molar-refractivity contribution is 6.06. The van der Waals surface area contributed by atoms with E-state index in [1.807, 2.05) is 30.3 Å². The van der Waals surface area contributed by atoms with Gasteiger partial charge in [-0.1, -0.05) is 78.4 Å². The number of hydrogen-bond acceptors (Lipinski definition) is 5. The van der Waals surface area contributed by atoms with Crippen molar-refractivity contribution in [3.8, 4) is 51.4 Å². The maximum absolute atomic E-state index is 9.39. The summed E-state index contributed by atoms with van der Waals surface area (Å²) in [7, 11) is 0. The van der Waals surface area contributed by atoms with Crippen LogP contribution >= 0.6 is 0 Å². The van der Waals surface area contributed by atoms with Crippen molar-refractivity contribution in [3.63, 3.8) is 0 Å². The van der Waals surface area contributed by atoms with Gasteiger partial charge in [-0.2, -0.15) is 5.26 Å². The van der Waals surface area contributed by atoms with Gasteiger partial charge in [-0.05, 0) is 122 Å². The number of furan rings is 1. The van der Waals surface area contributed by atoms with Gasteiger partial charge in [-0.15, -0.1) is 0 Å². The fourth-order valence-electron chi connectivity index (χ4n) is 9.77. The molecule has 4 bridgehead atoms. The third kappa shape index (κ3) is 4.93. The normalized spacial score (nSPS) is 22.3. The molecule has 0 saturated heterocycles. The zero-order valence-corrected chi connectivity index (χ0v) is 28.1. The van der Waals surface area contributed by atoms with Crippen LogP contribution in [0.4, 0.5) is 0 Å². The van der Waals surface area contributed by atoms with Crippen LogP contribution in [0.3, 0.4) is 0 Å². The number of aromatic nitrogens is 3. The molecule has 4 saturated carbocycles. The Bertz CT molecular complexity index is 2450. The van der Waals surface area contributed by atoms with Crippen molar-refractivity contribution in [1.82, 2.24) is 15.0 Å². The lowest BCUT2D eigenvalue weighted by molar-refractivity contribution is -0.00518.